The summed E-state index contributed by atoms with van der Waals surface area (Å²) in [4.78, 5) is 0. The Kier molecular flexibility index (Phi) is 4.38. The van der Waals surface area contributed by atoms with Crippen LogP contribution < -0.4 is 5.73 Å². The van der Waals surface area contributed by atoms with Crippen molar-refractivity contribution in [3.63, 3.8) is 0 Å². The van der Waals surface area contributed by atoms with Gasteiger partial charge in [-0.2, -0.15) is 0 Å². The van der Waals surface area contributed by atoms with E-state index in [1.807, 2.05) is 0 Å². The molecule has 1 aliphatic carbocycles. The molecule has 4 heteroatoms. The maximum absolute atomic E-state index is 13.8. The largest absolute Gasteiger partial charge is 0.324 e. The lowest BCUT2D eigenvalue weighted by atomic mass is 9.77. The molecule has 0 amide bonds. The fraction of sp³-hybridized carbons (Fsp3) is 0.571. The van der Waals surface area contributed by atoms with Crippen LogP contribution >= 0.6 is 15.9 Å². The SMILES string of the molecule is CC1CCC(C(N)c2cc(F)c(Br)cc2F)CC1. The number of hydrogen-bond acceptors (Lipinski definition) is 1. The quantitative estimate of drug-likeness (QED) is 0.795. The zero-order valence-electron chi connectivity index (χ0n) is 10.4. The van der Waals surface area contributed by atoms with E-state index in [1.54, 1.807) is 0 Å². The molecule has 0 aliphatic heterocycles. The summed E-state index contributed by atoms with van der Waals surface area (Å²) in [5.74, 6) is 0.108. The van der Waals surface area contributed by atoms with Crippen LogP contribution in [0.5, 0.6) is 0 Å². The second-order valence-electron chi connectivity index (χ2n) is 5.33. The van der Waals surface area contributed by atoms with Crippen molar-refractivity contribution in [3.8, 4) is 0 Å². The van der Waals surface area contributed by atoms with E-state index in [0.29, 0.717) is 5.56 Å². The highest BCUT2D eigenvalue weighted by atomic mass is 79.9. The van der Waals surface area contributed by atoms with E-state index in [-0.39, 0.29) is 10.4 Å². The molecule has 0 saturated heterocycles. The van der Waals surface area contributed by atoms with Crippen LogP contribution in [0.1, 0.15) is 44.2 Å². The van der Waals surface area contributed by atoms with Crippen molar-refractivity contribution in [2.45, 2.75) is 38.6 Å². The fourth-order valence-corrected chi connectivity index (χ4v) is 3.01. The number of nitrogens with two attached hydrogens (primary N) is 1. The van der Waals surface area contributed by atoms with Crippen molar-refractivity contribution in [2.24, 2.45) is 17.6 Å². The van der Waals surface area contributed by atoms with Crippen LogP contribution in [0.25, 0.3) is 0 Å². The van der Waals surface area contributed by atoms with E-state index < -0.39 is 17.7 Å². The predicted molar refractivity (Wildman–Crippen MR) is 72.1 cm³/mol. The van der Waals surface area contributed by atoms with Gasteiger partial charge in [0.2, 0.25) is 0 Å². The van der Waals surface area contributed by atoms with Gasteiger partial charge in [-0.1, -0.05) is 19.8 Å². The summed E-state index contributed by atoms with van der Waals surface area (Å²) < 4.78 is 27.5. The molecule has 0 spiro atoms. The van der Waals surface area contributed by atoms with E-state index >= 15 is 0 Å². The van der Waals surface area contributed by atoms with Gasteiger partial charge in [0.25, 0.3) is 0 Å². The van der Waals surface area contributed by atoms with Crippen molar-refractivity contribution in [2.75, 3.05) is 0 Å². The molecule has 1 saturated carbocycles. The van der Waals surface area contributed by atoms with Crippen LogP contribution in [0.15, 0.2) is 16.6 Å². The van der Waals surface area contributed by atoms with Gasteiger partial charge < -0.3 is 5.73 Å². The van der Waals surface area contributed by atoms with E-state index in [4.69, 9.17) is 5.73 Å². The molecule has 1 unspecified atom stereocenters. The van der Waals surface area contributed by atoms with Gasteiger partial charge >= 0.3 is 0 Å². The summed E-state index contributed by atoms with van der Waals surface area (Å²) in [6.45, 7) is 2.22. The molecule has 18 heavy (non-hydrogen) atoms. The highest BCUT2D eigenvalue weighted by Gasteiger charge is 2.27. The van der Waals surface area contributed by atoms with Crippen molar-refractivity contribution in [1.82, 2.24) is 0 Å². The molecule has 2 N–H and O–H groups in total. The Balaban J connectivity index is 2.18. The first kappa shape index (κ1) is 13.9. The molecule has 100 valence electrons. The third-order valence-corrected chi connectivity index (χ3v) is 4.57. The molecule has 0 heterocycles. The average molecular weight is 318 g/mol. The molecule has 1 atom stereocenters. The van der Waals surface area contributed by atoms with Crippen LogP contribution in [0.2, 0.25) is 0 Å². The predicted octanol–water partition coefficient (Wildman–Crippen LogP) is 4.55. The molecule has 1 nitrogen and oxygen atoms in total. The summed E-state index contributed by atoms with van der Waals surface area (Å²) >= 11 is 2.98. The molecule has 1 aromatic rings. The lowest BCUT2D eigenvalue weighted by Gasteiger charge is -2.31. The molecular formula is C14H18BrF2N. The van der Waals surface area contributed by atoms with Gasteiger partial charge in [-0.05, 0) is 52.7 Å². The van der Waals surface area contributed by atoms with Gasteiger partial charge in [-0.25, -0.2) is 8.78 Å². The third kappa shape index (κ3) is 2.91. The van der Waals surface area contributed by atoms with E-state index in [1.165, 1.54) is 6.07 Å². The van der Waals surface area contributed by atoms with Gasteiger partial charge in [0, 0.05) is 11.6 Å². The molecule has 2 rings (SSSR count). The van der Waals surface area contributed by atoms with Crippen molar-refractivity contribution >= 4 is 15.9 Å². The zero-order chi connectivity index (χ0) is 13.3. The van der Waals surface area contributed by atoms with E-state index in [9.17, 15) is 8.78 Å². The van der Waals surface area contributed by atoms with Gasteiger partial charge in [0.1, 0.15) is 11.6 Å². The number of rotatable bonds is 2. The number of benzene rings is 1. The topological polar surface area (TPSA) is 26.0 Å². The van der Waals surface area contributed by atoms with Crippen LogP contribution in [-0.4, -0.2) is 0 Å². The molecule has 0 bridgehead atoms. The Morgan fingerprint density at radius 3 is 2.39 bits per heavy atom. The molecular weight excluding hydrogens is 300 g/mol. The normalized spacial score (nSPS) is 26.1. The first-order valence-electron chi connectivity index (χ1n) is 6.39. The monoisotopic (exact) mass is 317 g/mol. The first-order valence-corrected chi connectivity index (χ1v) is 7.18. The second kappa shape index (κ2) is 5.66. The van der Waals surface area contributed by atoms with Gasteiger partial charge in [-0.15, -0.1) is 0 Å². The summed E-state index contributed by atoms with van der Waals surface area (Å²) in [7, 11) is 0. The molecule has 1 aromatic carbocycles. The van der Waals surface area contributed by atoms with E-state index in [2.05, 4.69) is 22.9 Å². The standard InChI is InChI=1S/C14H18BrF2N/c1-8-2-4-9(5-3-8)14(18)10-6-13(17)11(15)7-12(10)16/h6-9,14H,2-5,18H2,1H3. The highest BCUT2D eigenvalue weighted by Crippen LogP contribution is 2.37. The molecule has 0 aromatic heterocycles. The fourth-order valence-electron chi connectivity index (χ4n) is 2.69. The van der Waals surface area contributed by atoms with Gasteiger partial charge in [0.05, 0.1) is 4.47 Å². The van der Waals surface area contributed by atoms with Crippen LogP contribution in [-0.2, 0) is 0 Å². The minimum atomic E-state index is -0.453. The minimum Gasteiger partial charge on any atom is -0.324 e. The Labute approximate surface area is 115 Å². The lowest BCUT2D eigenvalue weighted by molar-refractivity contribution is 0.253. The molecule has 0 radical (unpaired) electrons. The number of hydrogen-bond donors (Lipinski definition) is 1. The van der Waals surface area contributed by atoms with Gasteiger partial charge in [-0.3, -0.25) is 0 Å². The summed E-state index contributed by atoms with van der Waals surface area (Å²) in [5.41, 5.74) is 6.41. The Hall–Kier alpha value is -0.480. The number of halogens is 3. The zero-order valence-corrected chi connectivity index (χ0v) is 12.0. The van der Waals surface area contributed by atoms with Gasteiger partial charge in [0.15, 0.2) is 0 Å². The minimum absolute atomic E-state index is 0.146. The van der Waals surface area contributed by atoms with Crippen LogP contribution in [0.4, 0.5) is 8.78 Å². The maximum atomic E-state index is 13.8. The Bertz CT molecular complexity index is 428. The summed E-state index contributed by atoms with van der Waals surface area (Å²) in [6, 6.07) is 1.98. The van der Waals surface area contributed by atoms with Crippen molar-refractivity contribution in [3.05, 3.63) is 33.8 Å². The second-order valence-corrected chi connectivity index (χ2v) is 6.19. The van der Waals surface area contributed by atoms with Crippen LogP contribution in [0.3, 0.4) is 0 Å². The third-order valence-electron chi connectivity index (χ3n) is 3.97. The highest BCUT2D eigenvalue weighted by molar-refractivity contribution is 9.10. The maximum Gasteiger partial charge on any atom is 0.137 e. The lowest BCUT2D eigenvalue weighted by Crippen LogP contribution is -2.26. The average Bonchev–Trinajstić information content (AvgIpc) is 2.34. The summed E-state index contributed by atoms with van der Waals surface area (Å²) in [6.07, 6.45) is 4.25. The van der Waals surface area contributed by atoms with Crippen molar-refractivity contribution < 1.29 is 8.78 Å². The first-order chi connectivity index (χ1) is 8.49. The van der Waals surface area contributed by atoms with Crippen LogP contribution in [0, 0.1) is 23.5 Å². The smallest absolute Gasteiger partial charge is 0.137 e. The van der Waals surface area contributed by atoms with Crippen molar-refractivity contribution in [1.29, 1.82) is 0 Å². The molecule has 1 aliphatic rings. The Morgan fingerprint density at radius 1 is 1.17 bits per heavy atom. The molecule has 1 fully saturated rings. The Morgan fingerprint density at radius 2 is 1.78 bits per heavy atom. The summed E-state index contributed by atoms with van der Waals surface area (Å²) in [5, 5.41) is 0. The van der Waals surface area contributed by atoms with E-state index in [0.717, 1.165) is 37.7 Å².